The minimum atomic E-state index is -0.636. The number of nitrogen functional groups attached to an aromatic ring is 1. The Morgan fingerprint density at radius 1 is 1.62 bits per heavy atom. The number of aromatic nitrogens is 2. The van der Waals surface area contributed by atoms with Gasteiger partial charge >= 0.3 is 0 Å². The number of halogens is 1. The molecule has 2 aromatic heterocycles. The second-order valence-electron chi connectivity index (χ2n) is 3.53. The van der Waals surface area contributed by atoms with Crippen molar-refractivity contribution in [1.29, 1.82) is 0 Å². The van der Waals surface area contributed by atoms with E-state index in [1.807, 2.05) is 12.1 Å². The van der Waals surface area contributed by atoms with Crippen molar-refractivity contribution in [1.82, 2.24) is 9.78 Å². The number of anilines is 1. The lowest BCUT2D eigenvalue weighted by atomic mass is 10.1. The molecule has 2 heterocycles. The number of hydrogen-bond donors (Lipinski definition) is 2. The third-order valence-electron chi connectivity index (χ3n) is 2.40. The number of rotatable bonds is 3. The molecule has 0 aliphatic rings. The molecular weight excluding hydrogens is 246 g/mol. The highest BCUT2D eigenvalue weighted by atomic mass is 35.5. The predicted molar refractivity (Wildman–Crippen MR) is 65.6 cm³/mol. The van der Waals surface area contributed by atoms with Gasteiger partial charge in [-0.3, -0.25) is 4.68 Å². The Balaban J connectivity index is 2.14. The highest BCUT2D eigenvalue weighted by molar-refractivity contribution is 7.16. The summed E-state index contributed by atoms with van der Waals surface area (Å²) >= 11 is 7.28. The second-order valence-corrected chi connectivity index (χ2v) is 5.33. The van der Waals surface area contributed by atoms with Crippen molar-refractivity contribution in [3.8, 4) is 0 Å². The van der Waals surface area contributed by atoms with Crippen LogP contribution in [-0.2, 0) is 13.5 Å². The van der Waals surface area contributed by atoms with Gasteiger partial charge in [-0.25, -0.2) is 0 Å². The van der Waals surface area contributed by atoms with Crippen LogP contribution < -0.4 is 5.73 Å². The summed E-state index contributed by atoms with van der Waals surface area (Å²) in [5, 5.41) is 14.0. The van der Waals surface area contributed by atoms with Crippen LogP contribution in [0, 0.1) is 0 Å². The Hall–Kier alpha value is -1.04. The van der Waals surface area contributed by atoms with Crippen LogP contribution in [0.2, 0.25) is 4.34 Å². The van der Waals surface area contributed by atoms with Gasteiger partial charge in [0.1, 0.15) is 5.82 Å². The molecule has 3 N–H and O–H groups in total. The van der Waals surface area contributed by atoms with E-state index in [0.717, 1.165) is 9.21 Å². The van der Waals surface area contributed by atoms with Gasteiger partial charge in [0.2, 0.25) is 0 Å². The smallest absolute Gasteiger partial charge is 0.127 e. The Bertz CT molecular complexity index is 494. The Morgan fingerprint density at radius 2 is 2.38 bits per heavy atom. The van der Waals surface area contributed by atoms with Crippen molar-refractivity contribution in [2.45, 2.75) is 12.5 Å². The molecule has 6 heteroatoms. The van der Waals surface area contributed by atoms with E-state index in [4.69, 9.17) is 17.3 Å². The number of nitrogens with two attached hydrogens (primary N) is 1. The molecule has 0 bridgehead atoms. The zero-order chi connectivity index (χ0) is 11.7. The first-order chi connectivity index (χ1) is 7.58. The van der Waals surface area contributed by atoms with Crippen molar-refractivity contribution >= 4 is 28.8 Å². The van der Waals surface area contributed by atoms with E-state index in [9.17, 15) is 5.11 Å². The number of thiophene rings is 1. The van der Waals surface area contributed by atoms with Gasteiger partial charge in [0.05, 0.1) is 16.6 Å². The molecule has 0 saturated carbocycles. The Kier molecular flexibility index (Phi) is 3.18. The van der Waals surface area contributed by atoms with E-state index in [1.54, 1.807) is 17.9 Å². The fraction of sp³-hybridized carbons (Fsp3) is 0.300. The van der Waals surface area contributed by atoms with Gasteiger partial charge in [0, 0.05) is 23.9 Å². The van der Waals surface area contributed by atoms with Gasteiger partial charge in [-0.1, -0.05) is 11.6 Å². The summed E-state index contributed by atoms with van der Waals surface area (Å²) in [5.41, 5.74) is 6.44. The van der Waals surface area contributed by atoms with E-state index in [-0.39, 0.29) is 0 Å². The summed E-state index contributed by atoms with van der Waals surface area (Å²) in [6.07, 6.45) is 1.46. The predicted octanol–water partition coefficient (Wildman–Crippen LogP) is 1.99. The number of aryl methyl sites for hydroxylation is 1. The average Bonchev–Trinajstić information content (AvgIpc) is 2.76. The summed E-state index contributed by atoms with van der Waals surface area (Å²) in [5.74, 6) is 0.496. The first-order valence-electron chi connectivity index (χ1n) is 4.77. The fourth-order valence-electron chi connectivity index (χ4n) is 1.48. The molecule has 0 aromatic carbocycles. The Morgan fingerprint density at radius 3 is 2.88 bits per heavy atom. The normalized spacial score (nSPS) is 12.9. The average molecular weight is 258 g/mol. The molecule has 1 unspecified atom stereocenters. The second kappa shape index (κ2) is 4.45. The van der Waals surface area contributed by atoms with Gasteiger partial charge in [-0.05, 0) is 12.1 Å². The summed E-state index contributed by atoms with van der Waals surface area (Å²) < 4.78 is 2.27. The lowest BCUT2D eigenvalue weighted by Crippen LogP contribution is -2.05. The minimum absolute atomic E-state index is 0.496. The van der Waals surface area contributed by atoms with Gasteiger partial charge in [-0.15, -0.1) is 11.3 Å². The molecule has 4 nitrogen and oxygen atoms in total. The topological polar surface area (TPSA) is 64.1 Å². The molecule has 2 rings (SSSR count). The number of hydrogen-bond acceptors (Lipinski definition) is 4. The highest BCUT2D eigenvalue weighted by Crippen LogP contribution is 2.28. The number of aliphatic hydroxyl groups is 1. The van der Waals surface area contributed by atoms with Crippen molar-refractivity contribution in [3.05, 3.63) is 33.1 Å². The van der Waals surface area contributed by atoms with Crippen LogP contribution in [0.25, 0.3) is 0 Å². The third-order valence-corrected chi connectivity index (χ3v) is 3.65. The molecule has 86 valence electrons. The van der Waals surface area contributed by atoms with E-state index in [2.05, 4.69) is 5.10 Å². The molecule has 16 heavy (non-hydrogen) atoms. The SMILES string of the molecule is Cn1ncc(C(O)Cc2ccc(Cl)s2)c1N. The molecule has 0 saturated heterocycles. The summed E-state index contributed by atoms with van der Waals surface area (Å²) in [6, 6.07) is 3.73. The van der Waals surface area contributed by atoms with Crippen LogP contribution in [-0.4, -0.2) is 14.9 Å². The van der Waals surface area contributed by atoms with Gasteiger partial charge in [0.15, 0.2) is 0 Å². The largest absolute Gasteiger partial charge is 0.388 e. The molecule has 0 aliphatic heterocycles. The zero-order valence-electron chi connectivity index (χ0n) is 8.72. The van der Waals surface area contributed by atoms with Gasteiger partial charge in [0.25, 0.3) is 0 Å². The van der Waals surface area contributed by atoms with Crippen molar-refractivity contribution in [2.24, 2.45) is 7.05 Å². The summed E-state index contributed by atoms with van der Waals surface area (Å²) in [4.78, 5) is 1.03. The first kappa shape index (κ1) is 11.4. The number of aliphatic hydroxyl groups excluding tert-OH is 1. The lowest BCUT2D eigenvalue weighted by Gasteiger charge is -2.08. The molecule has 0 aliphatic carbocycles. The molecule has 0 spiro atoms. The fourth-order valence-corrected chi connectivity index (χ4v) is 2.61. The molecule has 0 radical (unpaired) electrons. The van der Waals surface area contributed by atoms with Crippen LogP contribution in [0.3, 0.4) is 0 Å². The molecule has 0 amide bonds. The Labute approximate surface area is 102 Å². The number of nitrogens with zero attached hydrogens (tertiary/aromatic N) is 2. The molecular formula is C10H12ClN3OS. The van der Waals surface area contributed by atoms with Crippen molar-refractivity contribution in [2.75, 3.05) is 5.73 Å². The van der Waals surface area contributed by atoms with E-state index >= 15 is 0 Å². The summed E-state index contributed by atoms with van der Waals surface area (Å²) in [7, 11) is 1.74. The maximum atomic E-state index is 10.0. The molecule has 0 fully saturated rings. The molecule has 2 aromatic rings. The third kappa shape index (κ3) is 2.21. The minimum Gasteiger partial charge on any atom is -0.388 e. The van der Waals surface area contributed by atoms with Crippen LogP contribution in [0.5, 0.6) is 0 Å². The van der Waals surface area contributed by atoms with Crippen LogP contribution >= 0.6 is 22.9 Å². The zero-order valence-corrected chi connectivity index (χ0v) is 10.3. The van der Waals surface area contributed by atoms with Crippen LogP contribution in [0.4, 0.5) is 5.82 Å². The van der Waals surface area contributed by atoms with E-state index in [1.165, 1.54) is 11.3 Å². The highest BCUT2D eigenvalue weighted by Gasteiger charge is 2.15. The monoisotopic (exact) mass is 257 g/mol. The van der Waals surface area contributed by atoms with Crippen molar-refractivity contribution in [3.63, 3.8) is 0 Å². The quantitative estimate of drug-likeness (QED) is 0.884. The standard InChI is InChI=1S/C10H12ClN3OS/c1-14-10(12)7(5-13-14)8(15)4-6-2-3-9(11)16-6/h2-3,5,8,15H,4,12H2,1H3. The van der Waals surface area contributed by atoms with E-state index < -0.39 is 6.10 Å². The maximum Gasteiger partial charge on any atom is 0.127 e. The van der Waals surface area contributed by atoms with Crippen molar-refractivity contribution < 1.29 is 5.11 Å². The molecule has 1 atom stereocenters. The van der Waals surface area contributed by atoms with Gasteiger partial charge < -0.3 is 10.8 Å². The first-order valence-corrected chi connectivity index (χ1v) is 5.97. The maximum absolute atomic E-state index is 10.0. The van der Waals surface area contributed by atoms with Gasteiger partial charge in [-0.2, -0.15) is 5.10 Å². The van der Waals surface area contributed by atoms with E-state index in [0.29, 0.717) is 17.8 Å². The summed E-state index contributed by atoms with van der Waals surface area (Å²) in [6.45, 7) is 0. The lowest BCUT2D eigenvalue weighted by molar-refractivity contribution is 0.180. The van der Waals surface area contributed by atoms with Crippen LogP contribution in [0.1, 0.15) is 16.5 Å². The van der Waals surface area contributed by atoms with Crippen LogP contribution in [0.15, 0.2) is 18.3 Å².